The number of para-hydroxylation sites is 1. The second kappa shape index (κ2) is 8.98. The van der Waals surface area contributed by atoms with E-state index in [0.29, 0.717) is 17.2 Å². The van der Waals surface area contributed by atoms with Gasteiger partial charge in [0.25, 0.3) is 0 Å². The number of hydrogen-bond acceptors (Lipinski definition) is 5. The van der Waals surface area contributed by atoms with Crippen LogP contribution in [0.4, 0.5) is 0 Å². The first-order valence-corrected chi connectivity index (χ1v) is 10.4. The average Bonchev–Trinajstić information content (AvgIpc) is 2.77. The van der Waals surface area contributed by atoms with Crippen molar-refractivity contribution in [3.05, 3.63) is 72.3 Å². The van der Waals surface area contributed by atoms with Crippen molar-refractivity contribution in [3.63, 3.8) is 0 Å². The van der Waals surface area contributed by atoms with Gasteiger partial charge < -0.3 is 14.2 Å². The van der Waals surface area contributed by atoms with Crippen LogP contribution in [0.25, 0.3) is 11.1 Å². The molecule has 0 bridgehead atoms. The van der Waals surface area contributed by atoms with Gasteiger partial charge in [0, 0.05) is 18.2 Å². The van der Waals surface area contributed by atoms with Gasteiger partial charge in [-0.05, 0) is 41.5 Å². The van der Waals surface area contributed by atoms with Crippen molar-refractivity contribution in [1.29, 1.82) is 0 Å². The molecule has 0 aromatic heterocycles. The lowest BCUT2D eigenvalue weighted by atomic mass is 10.1. The second-order valence-corrected chi connectivity index (χ2v) is 8.04. The Hall–Kier alpha value is -3.03. The summed E-state index contributed by atoms with van der Waals surface area (Å²) in [6.07, 6.45) is 0. The van der Waals surface area contributed by atoms with E-state index in [1.807, 2.05) is 30.3 Å². The molecule has 0 aliphatic carbocycles. The van der Waals surface area contributed by atoms with E-state index in [2.05, 4.69) is 4.72 Å². The van der Waals surface area contributed by atoms with Crippen molar-refractivity contribution in [2.45, 2.75) is 11.4 Å². The summed E-state index contributed by atoms with van der Waals surface area (Å²) in [7, 11) is 0.962. The molecule has 0 spiro atoms. The fourth-order valence-electron chi connectivity index (χ4n) is 2.94. The molecule has 0 aliphatic rings. The third-order valence-corrected chi connectivity index (χ3v) is 5.84. The van der Waals surface area contributed by atoms with Gasteiger partial charge in [-0.25, -0.2) is 13.1 Å². The van der Waals surface area contributed by atoms with Gasteiger partial charge in [0.1, 0.15) is 17.2 Å². The Kier molecular flexibility index (Phi) is 6.41. The average molecular weight is 413 g/mol. The van der Waals surface area contributed by atoms with E-state index in [-0.39, 0.29) is 11.4 Å². The molecule has 0 amide bonds. The summed E-state index contributed by atoms with van der Waals surface area (Å²) >= 11 is 0. The predicted octanol–water partition coefficient (Wildman–Crippen LogP) is 3.86. The van der Waals surface area contributed by atoms with Crippen LogP contribution in [0.2, 0.25) is 0 Å². The molecule has 3 rings (SSSR count). The maximum atomic E-state index is 12.8. The van der Waals surface area contributed by atoms with E-state index in [4.69, 9.17) is 14.2 Å². The van der Waals surface area contributed by atoms with Crippen molar-refractivity contribution < 1.29 is 22.6 Å². The van der Waals surface area contributed by atoms with E-state index in [1.54, 1.807) is 57.7 Å². The molecular weight excluding hydrogens is 390 g/mol. The van der Waals surface area contributed by atoms with Crippen LogP contribution in [-0.2, 0) is 16.6 Å². The van der Waals surface area contributed by atoms with Crippen LogP contribution in [0.15, 0.2) is 71.6 Å². The molecule has 29 heavy (non-hydrogen) atoms. The molecule has 0 atom stereocenters. The standard InChI is InChI=1S/C22H23NO5S/c1-26-18-11-16(12-19(14-18)27-2)15-23-29(24,25)20-8-6-7-17(13-20)21-9-4-5-10-22(21)28-3/h4-14,23H,15H2,1-3H3. The largest absolute Gasteiger partial charge is 0.497 e. The van der Waals surface area contributed by atoms with Gasteiger partial charge in [-0.3, -0.25) is 0 Å². The molecule has 0 saturated carbocycles. The lowest BCUT2D eigenvalue weighted by molar-refractivity contribution is 0.393. The van der Waals surface area contributed by atoms with E-state index >= 15 is 0 Å². The van der Waals surface area contributed by atoms with Crippen molar-refractivity contribution in [1.82, 2.24) is 4.72 Å². The molecule has 0 saturated heterocycles. The van der Waals surface area contributed by atoms with Gasteiger partial charge in [0.2, 0.25) is 10.0 Å². The number of ether oxygens (including phenoxy) is 3. The number of hydrogen-bond donors (Lipinski definition) is 1. The molecular formula is C22H23NO5S. The summed E-state index contributed by atoms with van der Waals surface area (Å²) in [6, 6.07) is 19.5. The summed E-state index contributed by atoms with van der Waals surface area (Å²) in [6.45, 7) is 0.106. The normalized spacial score (nSPS) is 11.1. The van der Waals surface area contributed by atoms with Crippen LogP contribution in [0.3, 0.4) is 0 Å². The number of methoxy groups -OCH3 is 3. The zero-order valence-corrected chi connectivity index (χ0v) is 17.3. The molecule has 7 heteroatoms. The quantitative estimate of drug-likeness (QED) is 0.607. The van der Waals surface area contributed by atoms with Crippen LogP contribution in [0.1, 0.15) is 5.56 Å². The van der Waals surface area contributed by atoms with Crippen molar-refractivity contribution in [2.24, 2.45) is 0 Å². The molecule has 1 N–H and O–H groups in total. The highest BCUT2D eigenvalue weighted by Crippen LogP contribution is 2.31. The number of benzene rings is 3. The van der Waals surface area contributed by atoms with Crippen LogP contribution >= 0.6 is 0 Å². The van der Waals surface area contributed by atoms with Crippen LogP contribution < -0.4 is 18.9 Å². The number of sulfonamides is 1. The third kappa shape index (κ3) is 4.88. The first-order valence-electron chi connectivity index (χ1n) is 8.92. The predicted molar refractivity (Wildman–Crippen MR) is 112 cm³/mol. The smallest absolute Gasteiger partial charge is 0.240 e. The maximum Gasteiger partial charge on any atom is 0.240 e. The number of rotatable bonds is 8. The van der Waals surface area contributed by atoms with Crippen molar-refractivity contribution >= 4 is 10.0 Å². The SMILES string of the molecule is COc1cc(CNS(=O)(=O)c2cccc(-c3ccccc3OC)c2)cc(OC)c1. The molecule has 3 aromatic rings. The molecule has 6 nitrogen and oxygen atoms in total. The minimum atomic E-state index is -3.72. The zero-order valence-electron chi connectivity index (χ0n) is 16.5. The Bertz CT molecular complexity index is 1070. The lowest BCUT2D eigenvalue weighted by Crippen LogP contribution is -2.23. The number of nitrogens with one attached hydrogen (secondary N) is 1. The first-order chi connectivity index (χ1) is 14.0. The molecule has 0 unspecified atom stereocenters. The summed E-state index contributed by atoms with van der Waals surface area (Å²) in [5.74, 6) is 1.87. The van der Waals surface area contributed by atoms with Crippen molar-refractivity contribution in [2.75, 3.05) is 21.3 Å². The molecule has 0 radical (unpaired) electrons. The van der Waals surface area contributed by atoms with Crippen molar-refractivity contribution in [3.8, 4) is 28.4 Å². The van der Waals surface area contributed by atoms with Gasteiger partial charge in [-0.15, -0.1) is 0 Å². The highest BCUT2D eigenvalue weighted by atomic mass is 32.2. The minimum Gasteiger partial charge on any atom is -0.497 e. The highest BCUT2D eigenvalue weighted by Gasteiger charge is 2.16. The van der Waals surface area contributed by atoms with E-state index < -0.39 is 10.0 Å². The van der Waals surface area contributed by atoms with Gasteiger partial charge in [-0.1, -0.05) is 30.3 Å². The Labute approximate surface area is 171 Å². The van der Waals surface area contributed by atoms with Gasteiger partial charge in [-0.2, -0.15) is 0 Å². The maximum absolute atomic E-state index is 12.8. The van der Waals surface area contributed by atoms with Gasteiger partial charge >= 0.3 is 0 Å². The van der Waals surface area contributed by atoms with Crippen LogP contribution in [0, 0.1) is 0 Å². The summed E-state index contributed by atoms with van der Waals surface area (Å²) in [5.41, 5.74) is 2.31. The lowest BCUT2D eigenvalue weighted by Gasteiger charge is -2.12. The van der Waals surface area contributed by atoms with Gasteiger partial charge in [0.05, 0.1) is 26.2 Å². The third-order valence-electron chi connectivity index (χ3n) is 4.44. The summed E-state index contributed by atoms with van der Waals surface area (Å²) in [5, 5.41) is 0. The fraction of sp³-hybridized carbons (Fsp3) is 0.182. The minimum absolute atomic E-state index is 0.106. The molecule has 3 aromatic carbocycles. The Morgan fingerprint density at radius 2 is 1.48 bits per heavy atom. The zero-order chi connectivity index (χ0) is 20.9. The second-order valence-electron chi connectivity index (χ2n) is 6.27. The highest BCUT2D eigenvalue weighted by molar-refractivity contribution is 7.89. The molecule has 0 aliphatic heterocycles. The van der Waals surface area contributed by atoms with E-state index in [9.17, 15) is 8.42 Å². The monoisotopic (exact) mass is 413 g/mol. The Morgan fingerprint density at radius 3 is 2.14 bits per heavy atom. The Balaban J connectivity index is 1.85. The summed E-state index contributed by atoms with van der Waals surface area (Å²) in [4.78, 5) is 0.177. The van der Waals surface area contributed by atoms with E-state index in [0.717, 1.165) is 16.7 Å². The first kappa shape index (κ1) is 20.7. The topological polar surface area (TPSA) is 73.9 Å². The van der Waals surface area contributed by atoms with Crippen LogP contribution in [-0.4, -0.2) is 29.7 Å². The molecule has 0 fully saturated rings. The van der Waals surface area contributed by atoms with Gasteiger partial charge in [0.15, 0.2) is 0 Å². The molecule has 0 heterocycles. The fourth-order valence-corrected chi connectivity index (χ4v) is 4.01. The Morgan fingerprint density at radius 1 is 0.793 bits per heavy atom. The van der Waals surface area contributed by atoms with Crippen LogP contribution in [0.5, 0.6) is 17.2 Å². The van der Waals surface area contributed by atoms with E-state index in [1.165, 1.54) is 0 Å². The summed E-state index contributed by atoms with van der Waals surface area (Å²) < 4.78 is 44.2. The molecule has 152 valence electrons.